The van der Waals surface area contributed by atoms with Crippen LogP contribution in [0.4, 0.5) is 0 Å². The average molecular weight is 432 g/mol. The lowest BCUT2D eigenvalue weighted by molar-refractivity contribution is -0.159. The summed E-state index contributed by atoms with van der Waals surface area (Å²) in [5.41, 5.74) is 1.53. The number of benzene rings is 2. The molecule has 0 spiro atoms. The summed E-state index contributed by atoms with van der Waals surface area (Å²) in [6, 6.07) is 14.2. The number of carbonyl (C=O) groups excluding carboxylic acids is 4. The summed E-state index contributed by atoms with van der Waals surface area (Å²) in [7, 11) is 1.31. The van der Waals surface area contributed by atoms with Gasteiger partial charge in [-0.15, -0.1) is 0 Å². The van der Waals surface area contributed by atoms with Crippen molar-refractivity contribution in [2.24, 2.45) is 0 Å². The second kappa shape index (κ2) is 8.78. The Hall–Kier alpha value is -3.74. The highest BCUT2D eigenvalue weighted by molar-refractivity contribution is 6.23. The van der Waals surface area contributed by atoms with E-state index in [-0.39, 0.29) is 12.3 Å². The molecule has 0 aromatic heterocycles. The summed E-state index contributed by atoms with van der Waals surface area (Å²) in [4.78, 5) is 53.9. The summed E-state index contributed by atoms with van der Waals surface area (Å²) in [5, 5.41) is 0. The van der Waals surface area contributed by atoms with Crippen LogP contribution in [0.3, 0.4) is 0 Å². The number of β-lactam (4-membered cyclic amide) rings is 1. The van der Waals surface area contributed by atoms with Gasteiger partial charge in [-0.25, -0.2) is 0 Å². The normalized spacial score (nSPS) is 21.0. The highest BCUT2D eigenvalue weighted by atomic mass is 16.5. The van der Waals surface area contributed by atoms with Gasteiger partial charge in [-0.3, -0.25) is 24.1 Å². The quantitative estimate of drug-likeness (QED) is 0.382. The Morgan fingerprint density at radius 3 is 2.16 bits per heavy atom. The maximum atomic E-state index is 13.3. The molecular weight excluding hydrogens is 408 g/mol. The number of rotatable bonds is 7. The number of carbonyl (C=O) groups is 4. The van der Waals surface area contributed by atoms with E-state index in [1.165, 1.54) is 7.11 Å². The Bertz CT molecular complexity index is 1060. The fraction of sp³-hybridized carbons (Fsp3) is 0.280. The molecule has 2 aromatic rings. The summed E-state index contributed by atoms with van der Waals surface area (Å²) >= 11 is 0. The molecule has 1 fully saturated rings. The smallest absolute Gasteiger partial charge is 0.307 e. The van der Waals surface area contributed by atoms with Crippen molar-refractivity contribution in [1.82, 2.24) is 9.80 Å². The van der Waals surface area contributed by atoms with E-state index in [9.17, 15) is 19.2 Å². The molecule has 7 heteroatoms. The maximum Gasteiger partial charge on any atom is 0.307 e. The molecule has 2 heterocycles. The fourth-order valence-corrected chi connectivity index (χ4v) is 4.35. The summed E-state index contributed by atoms with van der Waals surface area (Å²) in [5.74, 6) is -1.71. The number of esters is 1. The molecule has 0 unspecified atom stereocenters. The van der Waals surface area contributed by atoms with Gasteiger partial charge >= 0.3 is 5.97 Å². The minimum Gasteiger partial charge on any atom is -0.469 e. The molecular formula is C25H24N2O5. The number of imide groups is 1. The van der Waals surface area contributed by atoms with Gasteiger partial charge in [0.1, 0.15) is 6.04 Å². The molecule has 32 heavy (non-hydrogen) atoms. The minimum atomic E-state index is -0.950. The first-order chi connectivity index (χ1) is 15.5. The van der Waals surface area contributed by atoms with Gasteiger partial charge in [-0.1, -0.05) is 61.5 Å². The summed E-state index contributed by atoms with van der Waals surface area (Å²) in [6.07, 6.45) is 4.26. The van der Waals surface area contributed by atoms with Crippen LogP contribution < -0.4 is 0 Å². The number of fused-ring (bicyclic) bond motifs is 1. The highest BCUT2D eigenvalue weighted by Gasteiger charge is 2.56. The lowest BCUT2D eigenvalue weighted by atomic mass is 9.88. The number of ether oxygens (including phenoxy) is 1. The van der Waals surface area contributed by atoms with Crippen LogP contribution >= 0.6 is 0 Å². The molecule has 0 N–H and O–H groups in total. The lowest BCUT2D eigenvalue weighted by Gasteiger charge is -2.51. The van der Waals surface area contributed by atoms with Crippen LogP contribution in [0.5, 0.6) is 0 Å². The molecule has 164 valence electrons. The van der Waals surface area contributed by atoms with Crippen LogP contribution in [0.2, 0.25) is 0 Å². The molecule has 7 nitrogen and oxygen atoms in total. The Morgan fingerprint density at radius 1 is 1.00 bits per heavy atom. The van der Waals surface area contributed by atoms with Crippen molar-refractivity contribution in [2.75, 3.05) is 7.11 Å². The van der Waals surface area contributed by atoms with Crippen LogP contribution in [0.1, 0.15) is 46.0 Å². The van der Waals surface area contributed by atoms with Crippen molar-refractivity contribution < 1.29 is 23.9 Å². The average Bonchev–Trinajstić information content (AvgIpc) is 3.06. The number of hydrogen-bond acceptors (Lipinski definition) is 5. The molecule has 2 aromatic carbocycles. The van der Waals surface area contributed by atoms with E-state index in [1.807, 2.05) is 49.4 Å². The monoisotopic (exact) mass is 432 g/mol. The molecule has 0 saturated carbocycles. The molecule has 0 bridgehead atoms. The third-order valence-corrected chi connectivity index (χ3v) is 6.04. The fourth-order valence-electron chi connectivity index (χ4n) is 4.35. The lowest BCUT2D eigenvalue weighted by Crippen LogP contribution is -2.73. The molecule has 4 rings (SSSR count). The van der Waals surface area contributed by atoms with Crippen molar-refractivity contribution in [2.45, 2.75) is 37.9 Å². The minimum absolute atomic E-state index is 0.0449. The summed E-state index contributed by atoms with van der Waals surface area (Å²) < 4.78 is 4.79. The number of likely N-dealkylation sites (tertiary alicyclic amines) is 1. The van der Waals surface area contributed by atoms with Gasteiger partial charge in [-0.2, -0.15) is 0 Å². The Labute approximate surface area is 186 Å². The second-order valence-corrected chi connectivity index (χ2v) is 7.82. The number of methoxy groups -OCH3 is 1. The number of hydrogen-bond donors (Lipinski definition) is 0. The standard InChI is InChI=1S/C25H24N2O5/c1-3-17(15-21(28)32-2)26-20(14-13-16-9-5-4-6-10-16)22(25(26)31)27-23(29)18-11-7-8-12-19(18)24(27)30/h4-14,17,20,22H,3,15H2,1-2H3/t17-,20+,22-/m0/s1. The Kier molecular flexibility index (Phi) is 5.90. The predicted molar refractivity (Wildman–Crippen MR) is 118 cm³/mol. The van der Waals surface area contributed by atoms with E-state index in [1.54, 1.807) is 29.2 Å². The van der Waals surface area contributed by atoms with E-state index in [4.69, 9.17) is 4.74 Å². The highest BCUT2D eigenvalue weighted by Crippen LogP contribution is 2.36. The predicted octanol–water partition coefficient (Wildman–Crippen LogP) is 2.92. The van der Waals surface area contributed by atoms with Crippen molar-refractivity contribution in [3.63, 3.8) is 0 Å². The zero-order valence-corrected chi connectivity index (χ0v) is 17.9. The molecule has 2 aliphatic rings. The third kappa shape index (κ3) is 3.60. The van der Waals surface area contributed by atoms with Gasteiger partial charge in [0.2, 0.25) is 5.91 Å². The molecule has 2 aliphatic heterocycles. The van der Waals surface area contributed by atoms with Gasteiger partial charge in [0, 0.05) is 6.04 Å². The molecule has 1 saturated heterocycles. The number of amides is 3. The molecule has 3 amide bonds. The van der Waals surface area contributed by atoms with Crippen LogP contribution in [0, 0.1) is 0 Å². The first-order valence-electron chi connectivity index (χ1n) is 10.6. The van der Waals surface area contributed by atoms with E-state index >= 15 is 0 Å². The van der Waals surface area contributed by atoms with Crippen molar-refractivity contribution in [3.05, 3.63) is 77.4 Å². The van der Waals surface area contributed by atoms with E-state index in [0.717, 1.165) is 10.5 Å². The largest absolute Gasteiger partial charge is 0.469 e. The van der Waals surface area contributed by atoms with Crippen molar-refractivity contribution in [1.29, 1.82) is 0 Å². The van der Waals surface area contributed by atoms with Crippen molar-refractivity contribution in [3.8, 4) is 0 Å². The summed E-state index contributed by atoms with van der Waals surface area (Å²) in [6.45, 7) is 1.88. The van der Waals surface area contributed by atoms with Gasteiger partial charge in [0.15, 0.2) is 0 Å². The van der Waals surface area contributed by atoms with Gasteiger partial charge in [0.25, 0.3) is 11.8 Å². The van der Waals surface area contributed by atoms with Crippen LogP contribution in [-0.4, -0.2) is 58.7 Å². The van der Waals surface area contributed by atoms with E-state index in [2.05, 4.69) is 0 Å². The van der Waals surface area contributed by atoms with Crippen LogP contribution in [0.25, 0.3) is 6.08 Å². The first kappa shape index (κ1) is 21.5. The SMILES string of the molecule is CC[C@@H](CC(=O)OC)N1C(=O)[C@@H](N2C(=O)c3ccccc3C2=O)[C@H]1C=Cc1ccccc1. The zero-order chi connectivity index (χ0) is 22.8. The van der Waals surface area contributed by atoms with Crippen LogP contribution in [0.15, 0.2) is 60.7 Å². The van der Waals surface area contributed by atoms with Gasteiger partial charge < -0.3 is 9.64 Å². The molecule has 0 aliphatic carbocycles. The molecule has 0 radical (unpaired) electrons. The third-order valence-electron chi connectivity index (χ3n) is 6.04. The first-order valence-corrected chi connectivity index (χ1v) is 10.6. The maximum absolute atomic E-state index is 13.3. The van der Waals surface area contributed by atoms with Gasteiger partial charge in [0.05, 0.1) is 30.7 Å². The van der Waals surface area contributed by atoms with Crippen LogP contribution in [-0.2, 0) is 14.3 Å². The Morgan fingerprint density at radius 2 is 1.59 bits per heavy atom. The number of nitrogens with zero attached hydrogens (tertiary/aromatic N) is 2. The van der Waals surface area contributed by atoms with E-state index in [0.29, 0.717) is 17.5 Å². The zero-order valence-electron chi connectivity index (χ0n) is 17.9. The van der Waals surface area contributed by atoms with Gasteiger partial charge in [-0.05, 0) is 24.1 Å². The second-order valence-electron chi connectivity index (χ2n) is 7.82. The van der Waals surface area contributed by atoms with E-state index < -0.39 is 35.9 Å². The Balaban J connectivity index is 1.68. The molecule has 3 atom stereocenters. The topological polar surface area (TPSA) is 84.0 Å². The van der Waals surface area contributed by atoms with Crippen molar-refractivity contribution >= 4 is 29.8 Å².